The van der Waals surface area contributed by atoms with E-state index in [9.17, 15) is 4.79 Å². The molecular formula is C26H32ClN3O2. The minimum Gasteiger partial charge on any atom is -0.496 e. The van der Waals surface area contributed by atoms with E-state index in [1.54, 1.807) is 7.11 Å². The number of hydrogen-bond donors (Lipinski definition) is 0. The van der Waals surface area contributed by atoms with Gasteiger partial charge in [0, 0.05) is 55.9 Å². The Kier molecular flexibility index (Phi) is 6.40. The summed E-state index contributed by atoms with van der Waals surface area (Å²) in [6.07, 6.45) is 5.00. The number of ether oxygens (including phenoxy) is 1. The normalized spacial score (nSPS) is 20.0. The van der Waals surface area contributed by atoms with E-state index >= 15 is 0 Å². The van der Waals surface area contributed by atoms with Crippen LogP contribution in [-0.2, 0) is 17.8 Å². The van der Waals surface area contributed by atoms with Crippen LogP contribution >= 0.6 is 11.6 Å². The summed E-state index contributed by atoms with van der Waals surface area (Å²) in [6, 6.07) is 13.1. The van der Waals surface area contributed by atoms with Gasteiger partial charge in [-0.05, 0) is 54.2 Å². The van der Waals surface area contributed by atoms with Gasteiger partial charge in [0.2, 0.25) is 5.91 Å². The summed E-state index contributed by atoms with van der Waals surface area (Å²) in [5.41, 5.74) is 4.80. The molecule has 32 heavy (non-hydrogen) atoms. The molecule has 0 atom stereocenters. The number of benzene rings is 2. The topological polar surface area (TPSA) is 36.0 Å². The fourth-order valence-corrected chi connectivity index (χ4v) is 5.37. The molecule has 0 bridgehead atoms. The smallest absolute Gasteiger partial charge is 0.236 e. The molecular weight excluding hydrogens is 422 g/mol. The molecule has 2 aliphatic heterocycles. The molecule has 5 nitrogen and oxygen atoms in total. The molecule has 6 heteroatoms. The first-order valence-corrected chi connectivity index (χ1v) is 12.2. The van der Waals surface area contributed by atoms with E-state index in [0.29, 0.717) is 11.6 Å². The highest BCUT2D eigenvalue weighted by Crippen LogP contribution is 2.34. The van der Waals surface area contributed by atoms with Crippen molar-refractivity contribution in [1.82, 2.24) is 14.7 Å². The first kappa shape index (κ1) is 21.7. The van der Waals surface area contributed by atoms with Crippen molar-refractivity contribution in [3.8, 4) is 16.9 Å². The van der Waals surface area contributed by atoms with Crippen molar-refractivity contribution in [2.24, 2.45) is 0 Å². The average molecular weight is 454 g/mol. The van der Waals surface area contributed by atoms with Crippen molar-refractivity contribution in [1.29, 1.82) is 0 Å². The standard InChI is InChI=1S/C26H32ClN3O2/c1-32-25-8-7-22(27)16-24(25)20-5-6-21-17-28(10-9-19(21)15-20)18-26(31)30-13-11-29(12-14-30)23-3-2-4-23/h5-8,15-16,23H,2-4,9-14,17-18H2,1H3. The molecule has 2 heterocycles. The number of nitrogens with zero attached hydrogens (tertiary/aromatic N) is 3. The third kappa shape index (κ3) is 4.52. The summed E-state index contributed by atoms with van der Waals surface area (Å²) in [5.74, 6) is 1.11. The van der Waals surface area contributed by atoms with Crippen molar-refractivity contribution < 1.29 is 9.53 Å². The van der Waals surface area contributed by atoms with Gasteiger partial charge in [-0.3, -0.25) is 14.6 Å². The fourth-order valence-electron chi connectivity index (χ4n) is 5.20. The van der Waals surface area contributed by atoms with E-state index < -0.39 is 0 Å². The molecule has 2 aromatic rings. The van der Waals surface area contributed by atoms with E-state index in [1.807, 2.05) is 18.2 Å². The van der Waals surface area contributed by atoms with Crippen LogP contribution in [0.25, 0.3) is 11.1 Å². The predicted molar refractivity (Wildman–Crippen MR) is 128 cm³/mol. The van der Waals surface area contributed by atoms with Gasteiger partial charge in [-0.15, -0.1) is 0 Å². The SMILES string of the molecule is COc1ccc(Cl)cc1-c1ccc2c(c1)CCN(CC(=O)N1CCN(C3CCC3)CC1)C2. The van der Waals surface area contributed by atoms with E-state index in [2.05, 4.69) is 32.9 Å². The molecule has 1 amide bonds. The van der Waals surface area contributed by atoms with Crippen LogP contribution < -0.4 is 4.74 Å². The van der Waals surface area contributed by atoms with Crippen LogP contribution in [0.4, 0.5) is 0 Å². The quantitative estimate of drug-likeness (QED) is 0.683. The highest BCUT2D eigenvalue weighted by molar-refractivity contribution is 6.31. The summed E-state index contributed by atoms with van der Waals surface area (Å²) in [5, 5.41) is 0.705. The van der Waals surface area contributed by atoms with Crippen molar-refractivity contribution in [2.75, 3.05) is 46.4 Å². The van der Waals surface area contributed by atoms with Gasteiger partial charge in [0.05, 0.1) is 13.7 Å². The Morgan fingerprint density at radius 1 is 1.03 bits per heavy atom. The fraction of sp³-hybridized carbons (Fsp3) is 0.500. The number of amides is 1. The van der Waals surface area contributed by atoms with Gasteiger partial charge in [-0.25, -0.2) is 0 Å². The van der Waals surface area contributed by atoms with Gasteiger partial charge in [-0.2, -0.15) is 0 Å². The highest BCUT2D eigenvalue weighted by Gasteiger charge is 2.30. The summed E-state index contributed by atoms with van der Waals surface area (Å²) in [7, 11) is 1.69. The number of hydrogen-bond acceptors (Lipinski definition) is 4. The van der Waals surface area contributed by atoms with Crippen LogP contribution in [0.2, 0.25) is 5.02 Å². The highest BCUT2D eigenvalue weighted by atomic mass is 35.5. The lowest BCUT2D eigenvalue weighted by atomic mass is 9.91. The third-order valence-electron chi connectivity index (χ3n) is 7.39. The van der Waals surface area contributed by atoms with Gasteiger partial charge in [0.1, 0.15) is 5.75 Å². The Morgan fingerprint density at radius 2 is 1.84 bits per heavy atom. The Morgan fingerprint density at radius 3 is 2.56 bits per heavy atom. The van der Waals surface area contributed by atoms with Crippen LogP contribution in [0.3, 0.4) is 0 Å². The van der Waals surface area contributed by atoms with Crippen molar-refractivity contribution in [3.05, 3.63) is 52.5 Å². The molecule has 2 fully saturated rings. The Bertz CT molecular complexity index is 983. The molecule has 1 saturated heterocycles. The lowest BCUT2D eigenvalue weighted by Crippen LogP contribution is -2.55. The zero-order chi connectivity index (χ0) is 22.1. The molecule has 0 aromatic heterocycles. The maximum Gasteiger partial charge on any atom is 0.236 e. The molecule has 0 spiro atoms. The molecule has 0 N–H and O–H groups in total. The summed E-state index contributed by atoms with van der Waals surface area (Å²) in [6.45, 7) is 6.10. The zero-order valence-electron chi connectivity index (χ0n) is 18.9. The van der Waals surface area contributed by atoms with Gasteiger partial charge >= 0.3 is 0 Å². The first-order valence-electron chi connectivity index (χ1n) is 11.8. The average Bonchev–Trinajstić information content (AvgIpc) is 2.78. The van der Waals surface area contributed by atoms with Crippen molar-refractivity contribution in [3.63, 3.8) is 0 Å². The number of carbonyl (C=O) groups excluding carboxylic acids is 1. The molecule has 2 aromatic carbocycles. The molecule has 0 radical (unpaired) electrons. The van der Waals surface area contributed by atoms with E-state index in [0.717, 1.165) is 68.6 Å². The number of rotatable bonds is 5. The maximum atomic E-state index is 12.9. The van der Waals surface area contributed by atoms with Gasteiger partial charge in [0.25, 0.3) is 0 Å². The second-order valence-corrected chi connectivity index (χ2v) is 9.73. The largest absolute Gasteiger partial charge is 0.496 e. The minimum atomic E-state index is 0.280. The van der Waals surface area contributed by atoms with Crippen LogP contribution in [0.15, 0.2) is 36.4 Å². The van der Waals surface area contributed by atoms with Crippen LogP contribution in [0.1, 0.15) is 30.4 Å². The lowest BCUT2D eigenvalue weighted by Gasteiger charge is -2.43. The molecule has 1 aliphatic carbocycles. The molecule has 0 unspecified atom stereocenters. The Hall–Kier alpha value is -2.08. The second-order valence-electron chi connectivity index (χ2n) is 9.29. The number of fused-ring (bicyclic) bond motifs is 1. The monoisotopic (exact) mass is 453 g/mol. The van der Waals surface area contributed by atoms with Crippen LogP contribution in [-0.4, -0.2) is 73.0 Å². The number of halogens is 1. The first-order chi connectivity index (χ1) is 15.6. The molecule has 1 saturated carbocycles. The Labute approximate surface area is 195 Å². The lowest BCUT2D eigenvalue weighted by molar-refractivity contribution is -0.135. The summed E-state index contributed by atoms with van der Waals surface area (Å²) in [4.78, 5) is 19.9. The van der Waals surface area contributed by atoms with E-state index in [-0.39, 0.29) is 5.91 Å². The Balaban J connectivity index is 1.20. The van der Waals surface area contributed by atoms with E-state index in [1.165, 1.54) is 30.4 Å². The van der Waals surface area contributed by atoms with E-state index in [4.69, 9.17) is 16.3 Å². The van der Waals surface area contributed by atoms with Crippen LogP contribution in [0, 0.1) is 0 Å². The van der Waals surface area contributed by atoms with Gasteiger partial charge in [0.15, 0.2) is 0 Å². The second kappa shape index (κ2) is 9.42. The maximum absolute atomic E-state index is 12.9. The number of carbonyl (C=O) groups is 1. The van der Waals surface area contributed by atoms with Crippen molar-refractivity contribution >= 4 is 17.5 Å². The number of piperazine rings is 1. The summed E-state index contributed by atoms with van der Waals surface area (Å²) < 4.78 is 5.53. The molecule has 3 aliphatic rings. The molecule has 5 rings (SSSR count). The zero-order valence-corrected chi connectivity index (χ0v) is 19.6. The third-order valence-corrected chi connectivity index (χ3v) is 7.62. The van der Waals surface area contributed by atoms with Crippen molar-refractivity contribution in [2.45, 2.75) is 38.3 Å². The summed E-state index contributed by atoms with van der Waals surface area (Å²) >= 11 is 6.23. The predicted octanol–water partition coefficient (Wildman–Crippen LogP) is 4.07. The van der Waals surface area contributed by atoms with Gasteiger partial charge < -0.3 is 9.64 Å². The number of methoxy groups -OCH3 is 1. The van der Waals surface area contributed by atoms with Crippen LogP contribution in [0.5, 0.6) is 5.75 Å². The van der Waals surface area contributed by atoms with Gasteiger partial charge in [-0.1, -0.05) is 36.2 Å². The minimum absolute atomic E-state index is 0.280. The molecule has 170 valence electrons.